The molecule has 0 aliphatic heterocycles. The number of fused-ring (bicyclic) bond motifs is 1. The number of imidazole rings is 1. The monoisotopic (exact) mass is 346 g/mol. The Kier molecular flexibility index (Phi) is 3.11. The van der Waals surface area contributed by atoms with Crippen LogP contribution in [0, 0.1) is 0 Å². The Balaban J connectivity index is 1.63. The first-order valence-electron chi connectivity index (χ1n) is 8.27. The van der Waals surface area contributed by atoms with Crippen molar-refractivity contribution < 1.29 is 0 Å². The van der Waals surface area contributed by atoms with Gasteiger partial charge >= 0.3 is 5.69 Å². The van der Waals surface area contributed by atoms with Gasteiger partial charge < -0.3 is 4.98 Å². The van der Waals surface area contributed by atoms with Gasteiger partial charge in [-0.3, -0.25) is 14.8 Å². The van der Waals surface area contributed by atoms with Crippen LogP contribution >= 0.6 is 0 Å². The van der Waals surface area contributed by atoms with Crippen LogP contribution in [0.25, 0.3) is 16.9 Å². The molecule has 0 bridgehead atoms. The highest BCUT2D eigenvalue weighted by atomic mass is 16.2. The van der Waals surface area contributed by atoms with Gasteiger partial charge in [0, 0.05) is 36.5 Å². The van der Waals surface area contributed by atoms with Crippen LogP contribution < -0.4 is 11.2 Å². The van der Waals surface area contributed by atoms with Crippen molar-refractivity contribution in [2.75, 3.05) is 0 Å². The van der Waals surface area contributed by atoms with E-state index in [-0.39, 0.29) is 0 Å². The van der Waals surface area contributed by atoms with E-state index < -0.39 is 11.2 Å². The molecule has 2 N–H and O–H groups in total. The molecule has 4 aromatic rings. The maximum absolute atomic E-state index is 12.2. The summed E-state index contributed by atoms with van der Waals surface area (Å²) in [6.07, 6.45) is 9.45. The zero-order chi connectivity index (χ0) is 17.7. The van der Waals surface area contributed by atoms with Gasteiger partial charge in [0.05, 0.1) is 11.3 Å². The fourth-order valence-electron chi connectivity index (χ4n) is 3.46. The van der Waals surface area contributed by atoms with Crippen molar-refractivity contribution in [3.8, 4) is 11.3 Å². The highest BCUT2D eigenvalue weighted by molar-refractivity contribution is 5.63. The zero-order valence-corrected chi connectivity index (χ0v) is 13.6. The van der Waals surface area contributed by atoms with Gasteiger partial charge in [-0.15, -0.1) is 0 Å². The third-order valence-electron chi connectivity index (χ3n) is 4.81. The van der Waals surface area contributed by atoms with Crippen molar-refractivity contribution in [2.45, 2.75) is 18.3 Å². The number of pyridine rings is 1. The molecule has 1 fully saturated rings. The predicted molar refractivity (Wildman–Crippen MR) is 94.0 cm³/mol. The quantitative estimate of drug-likeness (QED) is 0.583. The summed E-state index contributed by atoms with van der Waals surface area (Å²) in [6, 6.07) is 5.96. The van der Waals surface area contributed by atoms with Crippen LogP contribution in [0.3, 0.4) is 0 Å². The SMILES string of the molecule is O=c1[nH]cc(-c2cc([C@@H]3C[C@H]3c3ccncc3)c3nccn3n2)c(=O)[nH]1. The molecule has 1 aliphatic rings. The van der Waals surface area contributed by atoms with Crippen molar-refractivity contribution in [3.63, 3.8) is 0 Å². The number of nitrogens with zero attached hydrogens (tertiary/aromatic N) is 4. The van der Waals surface area contributed by atoms with Crippen LogP contribution in [0.4, 0.5) is 0 Å². The molecular weight excluding hydrogens is 332 g/mol. The molecule has 0 saturated heterocycles. The lowest BCUT2D eigenvalue weighted by molar-refractivity contribution is 0.905. The molecule has 4 aromatic heterocycles. The van der Waals surface area contributed by atoms with E-state index in [2.05, 4.69) is 25.0 Å². The van der Waals surface area contributed by atoms with E-state index >= 15 is 0 Å². The van der Waals surface area contributed by atoms with Crippen LogP contribution in [0.5, 0.6) is 0 Å². The fraction of sp³-hybridized carbons (Fsp3) is 0.167. The molecular formula is C18H14N6O2. The topological polar surface area (TPSA) is 109 Å². The number of hydrogen-bond acceptors (Lipinski definition) is 5. The zero-order valence-electron chi connectivity index (χ0n) is 13.6. The smallest absolute Gasteiger partial charge is 0.313 e. The van der Waals surface area contributed by atoms with Gasteiger partial charge in [-0.1, -0.05) is 0 Å². The Hall–Kier alpha value is -3.55. The number of rotatable bonds is 3. The summed E-state index contributed by atoms with van der Waals surface area (Å²) in [6.45, 7) is 0. The van der Waals surface area contributed by atoms with E-state index in [0.717, 1.165) is 17.6 Å². The molecule has 5 rings (SSSR count). The summed E-state index contributed by atoms with van der Waals surface area (Å²) < 4.78 is 1.68. The molecule has 2 atom stereocenters. The third kappa shape index (κ3) is 2.34. The maximum atomic E-state index is 12.2. The van der Waals surface area contributed by atoms with Gasteiger partial charge in [-0.05, 0) is 42.0 Å². The van der Waals surface area contributed by atoms with Crippen molar-refractivity contribution >= 4 is 5.65 Å². The third-order valence-corrected chi connectivity index (χ3v) is 4.81. The first-order chi connectivity index (χ1) is 12.7. The number of nitrogens with one attached hydrogen (secondary N) is 2. The Morgan fingerprint density at radius 2 is 1.96 bits per heavy atom. The Bertz CT molecular complexity index is 1220. The summed E-state index contributed by atoms with van der Waals surface area (Å²) in [4.78, 5) is 36.7. The molecule has 0 aromatic carbocycles. The van der Waals surface area contributed by atoms with Gasteiger partial charge in [-0.25, -0.2) is 14.3 Å². The second kappa shape index (κ2) is 5.48. The van der Waals surface area contributed by atoms with Crippen LogP contribution in [-0.2, 0) is 0 Å². The first-order valence-corrected chi connectivity index (χ1v) is 8.27. The minimum absolute atomic E-state index is 0.311. The molecule has 0 amide bonds. The van der Waals surface area contributed by atoms with E-state index in [4.69, 9.17) is 0 Å². The van der Waals surface area contributed by atoms with Gasteiger partial charge in [-0.2, -0.15) is 5.10 Å². The summed E-state index contributed by atoms with van der Waals surface area (Å²) >= 11 is 0. The van der Waals surface area contributed by atoms with E-state index in [9.17, 15) is 9.59 Å². The molecule has 8 nitrogen and oxygen atoms in total. The minimum Gasteiger partial charge on any atom is -0.313 e. The second-order valence-electron chi connectivity index (χ2n) is 6.40. The molecule has 0 spiro atoms. The summed E-state index contributed by atoms with van der Waals surface area (Å²) in [7, 11) is 0. The van der Waals surface area contributed by atoms with Gasteiger partial charge in [0.2, 0.25) is 0 Å². The molecule has 0 unspecified atom stereocenters. The number of aromatic nitrogens is 6. The van der Waals surface area contributed by atoms with Crippen LogP contribution in [-0.4, -0.2) is 29.5 Å². The molecule has 128 valence electrons. The van der Waals surface area contributed by atoms with Gasteiger partial charge in [0.1, 0.15) is 0 Å². The predicted octanol–water partition coefficient (Wildman–Crippen LogP) is 1.44. The average Bonchev–Trinajstić information content (AvgIpc) is 3.30. The first kappa shape index (κ1) is 14.8. The van der Waals surface area contributed by atoms with E-state index in [1.807, 2.05) is 18.2 Å². The number of hydrogen-bond donors (Lipinski definition) is 2. The Morgan fingerprint density at radius 1 is 1.12 bits per heavy atom. The molecule has 8 heteroatoms. The summed E-state index contributed by atoms with van der Waals surface area (Å²) in [5.74, 6) is 0.716. The normalized spacial score (nSPS) is 18.9. The molecule has 1 saturated carbocycles. The lowest BCUT2D eigenvalue weighted by Crippen LogP contribution is -2.23. The van der Waals surface area contributed by atoms with E-state index in [1.165, 1.54) is 11.8 Å². The van der Waals surface area contributed by atoms with Crippen molar-refractivity contribution in [1.29, 1.82) is 0 Å². The molecule has 1 aliphatic carbocycles. The summed E-state index contributed by atoms with van der Waals surface area (Å²) in [5.41, 5.74) is 2.90. The van der Waals surface area contributed by atoms with Crippen LogP contribution in [0.2, 0.25) is 0 Å². The van der Waals surface area contributed by atoms with Crippen molar-refractivity contribution in [1.82, 2.24) is 29.5 Å². The number of H-pyrrole nitrogens is 2. The van der Waals surface area contributed by atoms with Gasteiger partial charge in [0.25, 0.3) is 5.56 Å². The van der Waals surface area contributed by atoms with Gasteiger partial charge in [0.15, 0.2) is 5.65 Å². The Morgan fingerprint density at radius 3 is 2.77 bits per heavy atom. The molecule has 0 radical (unpaired) electrons. The summed E-state index contributed by atoms with van der Waals surface area (Å²) in [5, 5.41) is 4.47. The van der Waals surface area contributed by atoms with Crippen LogP contribution in [0.15, 0.2) is 58.8 Å². The van der Waals surface area contributed by atoms with Crippen molar-refractivity contribution in [3.05, 3.63) is 81.1 Å². The lowest BCUT2D eigenvalue weighted by Gasteiger charge is -2.07. The molecule has 4 heterocycles. The van der Waals surface area contributed by atoms with Crippen molar-refractivity contribution in [2.24, 2.45) is 0 Å². The minimum atomic E-state index is -0.539. The van der Waals surface area contributed by atoms with E-state index in [1.54, 1.807) is 29.3 Å². The highest BCUT2D eigenvalue weighted by Gasteiger charge is 2.41. The fourth-order valence-corrected chi connectivity index (χ4v) is 3.46. The molecule has 26 heavy (non-hydrogen) atoms. The van der Waals surface area contributed by atoms with E-state index in [0.29, 0.717) is 23.1 Å². The second-order valence-corrected chi connectivity index (χ2v) is 6.40. The lowest BCUT2D eigenvalue weighted by atomic mass is 10.1. The Labute approximate surface area is 146 Å². The largest absolute Gasteiger partial charge is 0.325 e. The maximum Gasteiger partial charge on any atom is 0.325 e. The average molecular weight is 346 g/mol. The number of aromatic amines is 2. The standard InChI is InChI=1S/C18H14N6O2/c25-17-14(9-21-18(26)22-17)15-8-13(16-20-5-6-24(16)23-15)12-7-11(12)10-1-3-19-4-2-10/h1-6,8-9,11-12H,7H2,(H2,21,22,25,26)/t11-,12+/m0/s1. The highest BCUT2D eigenvalue weighted by Crippen LogP contribution is 2.55. The van der Waals surface area contributed by atoms with Crippen LogP contribution in [0.1, 0.15) is 29.4 Å².